The van der Waals surface area contributed by atoms with Gasteiger partial charge in [-0.25, -0.2) is 9.97 Å². The van der Waals surface area contributed by atoms with E-state index in [1.807, 2.05) is 42.8 Å². The Morgan fingerprint density at radius 2 is 1.81 bits per heavy atom. The van der Waals surface area contributed by atoms with Gasteiger partial charge in [0, 0.05) is 11.3 Å². The lowest BCUT2D eigenvalue weighted by Gasteiger charge is -2.16. The van der Waals surface area contributed by atoms with Gasteiger partial charge >= 0.3 is 0 Å². The molecule has 0 aliphatic rings. The second-order valence-corrected chi connectivity index (χ2v) is 5.78. The number of aromatic nitrogens is 3. The van der Waals surface area contributed by atoms with E-state index in [-0.39, 0.29) is 12.0 Å². The zero-order valence-corrected chi connectivity index (χ0v) is 12.8. The van der Waals surface area contributed by atoms with E-state index in [9.17, 15) is 0 Å². The quantitative estimate of drug-likeness (QED) is 0.802. The summed E-state index contributed by atoms with van der Waals surface area (Å²) in [5.74, 6) is 1.54. The van der Waals surface area contributed by atoms with Gasteiger partial charge in [-0.15, -0.1) is 0 Å². The molecule has 1 aromatic carbocycles. The molecule has 5 heteroatoms. The number of rotatable bonds is 3. The summed E-state index contributed by atoms with van der Waals surface area (Å²) in [5, 5.41) is 1.00. The third-order valence-electron chi connectivity index (χ3n) is 3.34. The SMILES string of the molecule is CC(C)On1c(C(C)C)nc2c(N)nc3ccccc3c21. The summed E-state index contributed by atoms with van der Waals surface area (Å²) < 4.78 is 1.82. The Bertz CT molecular complexity index is 805. The second kappa shape index (κ2) is 4.91. The van der Waals surface area contributed by atoms with Crippen molar-refractivity contribution in [3.8, 4) is 0 Å². The number of fused-ring (bicyclic) bond motifs is 3. The van der Waals surface area contributed by atoms with Crippen LogP contribution >= 0.6 is 0 Å². The van der Waals surface area contributed by atoms with Gasteiger partial charge in [0.25, 0.3) is 0 Å². The van der Waals surface area contributed by atoms with Crippen LogP contribution in [0.4, 0.5) is 5.82 Å². The lowest BCUT2D eigenvalue weighted by Crippen LogP contribution is -2.21. The van der Waals surface area contributed by atoms with E-state index >= 15 is 0 Å². The number of imidazole rings is 1. The molecule has 110 valence electrons. The first kappa shape index (κ1) is 13.7. The third kappa shape index (κ3) is 2.18. The van der Waals surface area contributed by atoms with Crippen LogP contribution in [-0.2, 0) is 0 Å². The summed E-state index contributed by atoms with van der Waals surface area (Å²) in [5.41, 5.74) is 8.55. The van der Waals surface area contributed by atoms with E-state index in [0.29, 0.717) is 11.3 Å². The van der Waals surface area contributed by atoms with Crippen LogP contribution in [0.15, 0.2) is 24.3 Å². The Morgan fingerprint density at radius 1 is 1.10 bits per heavy atom. The van der Waals surface area contributed by atoms with Crippen molar-refractivity contribution in [1.29, 1.82) is 0 Å². The molecule has 2 aromatic heterocycles. The summed E-state index contributed by atoms with van der Waals surface area (Å²) in [4.78, 5) is 15.1. The average Bonchev–Trinajstić information content (AvgIpc) is 2.79. The summed E-state index contributed by atoms with van der Waals surface area (Å²) in [6, 6.07) is 7.92. The van der Waals surface area contributed by atoms with Gasteiger partial charge in [0.05, 0.1) is 5.52 Å². The van der Waals surface area contributed by atoms with Gasteiger partial charge in [-0.1, -0.05) is 32.0 Å². The smallest absolute Gasteiger partial charge is 0.152 e. The van der Waals surface area contributed by atoms with Crippen LogP contribution < -0.4 is 10.6 Å². The Kier molecular flexibility index (Phi) is 3.20. The molecule has 0 aliphatic carbocycles. The van der Waals surface area contributed by atoms with Crippen molar-refractivity contribution in [2.24, 2.45) is 0 Å². The topological polar surface area (TPSA) is 66.0 Å². The number of hydrogen-bond donors (Lipinski definition) is 1. The number of benzene rings is 1. The van der Waals surface area contributed by atoms with Gasteiger partial charge < -0.3 is 10.6 Å². The first-order chi connectivity index (χ1) is 9.99. The van der Waals surface area contributed by atoms with Crippen LogP contribution in [0.1, 0.15) is 39.4 Å². The summed E-state index contributed by atoms with van der Waals surface area (Å²) in [6.07, 6.45) is 0.0491. The van der Waals surface area contributed by atoms with Crippen molar-refractivity contribution in [2.45, 2.75) is 39.7 Å². The highest BCUT2D eigenvalue weighted by molar-refractivity contribution is 6.06. The predicted molar refractivity (Wildman–Crippen MR) is 85.3 cm³/mol. The van der Waals surface area contributed by atoms with E-state index in [2.05, 4.69) is 23.8 Å². The number of nitrogen functional groups attached to an aromatic ring is 1. The van der Waals surface area contributed by atoms with Crippen LogP contribution in [0.25, 0.3) is 21.9 Å². The van der Waals surface area contributed by atoms with Crippen LogP contribution in [0.5, 0.6) is 0 Å². The molecule has 0 atom stereocenters. The fraction of sp³-hybridized carbons (Fsp3) is 0.375. The third-order valence-corrected chi connectivity index (χ3v) is 3.34. The summed E-state index contributed by atoms with van der Waals surface area (Å²) in [7, 11) is 0. The first-order valence-corrected chi connectivity index (χ1v) is 7.22. The Hall–Kier alpha value is -2.30. The molecule has 3 rings (SSSR count). The van der Waals surface area contributed by atoms with Crippen LogP contribution in [0, 0.1) is 0 Å². The summed E-state index contributed by atoms with van der Waals surface area (Å²) >= 11 is 0. The minimum absolute atomic E-state index is 0.0491. The number of nitrogens with two attached hydrogens (primary N) is 1. The highest BCUT2D eigenvalue weighted by Gasteiger charge is 2.20. The number of hydrogen-bond acceptors (Lipinski definition) is 4. The normalized spacial score (nSPS) is 11.9. The van der Waals surface area contributed by atoms with E-state index in [4.69, 9.17) is 10.6 Å². The van der Waals surface area contributed by atoms with Crippen LogP contribution in [-0.4, -0.2) is 20.8 Å². The average molecular weight is 284 g/mol. The largest absolute Gasteiger partial charge is 0.409 e. The van der Waals surface area contributed by atoms with Crippen molar-refractivity contribution in [3.05, 3.63) is 30.1 Å². The van der Waals surface area contributed by atoms with Crippen molar-refractivity contribution in [1.82, 2.24) is 14.7 Å². The molecule has 3 aromatic rings. The van der Waals surface area contributed by atoms with Crippen LogP contribution in [0.3, 0.4) is 0 Å². The maximum Gasteiger partial charge on any atom is 0.152 e. The van der Waals surface area contributed by atoms with Crippen molar-refractivity contribution in [2.75, 3.05) is 5.73 Å². The zero-order valence-electron chi connectivity index (χ0n) is 12.8. The minimum atomic E-state index is 0.0491. The Labute approximate surface area is 123 Å². The van der Waals surface area contributed by atoms with E-state index in [1.54, 1.807) is 0 Å². The number of pyridine rings is 1. The fourth-order valence-corrected chi connectivity index (χ4v) is 2.47. The molecule has 0 bridgehead atoms. The van der Waals surface area contributed by atoms with E-state index in [1.165, 1.54) is 0 Å². The van der Waals surface area contributed by atoms with Crippen molar-refractivity contribution in [3.63, 3.8) is 0 Å². The van der Waals surface area contributed by atoms with Gasteiger partial charge in [-0.3, -0.25) is 0 Å². The molecule has 0 fully saturated rings. The molecular weight excluding hydrogens is 264 g/mol. The van der Waals surface area contributed by atoms with Crippen molar-refractivity contribution < 1.29 is 4.84 Å². The van der Waals surface area contributed by atoms with Gasteiger partial charge in [-0.05, 0) is 19.9 Å². The summed E-state index contributed by atoms with van der Waals surface area (Å²) in [6.45, 7) is 8.19. The lowest BCUT2D eigenvalue weighted by atomic mass is 10.2. The molecule has 5 nitrogen and oxygen atoms in total. The molecule has 0 unspecified atom stereocenters. The molecule has 2 heterocycles. The van der Waals surface area contributed by atoms with Crippen molar-refractivity contribution >= 4 is 27.8 Å². The standard InChI is InChI=1S/C16H20N4O/c1-9(2)16-19-13-14(20(16)21-10(3)4)11-7-5-6-8-12(11)18-15(13)17/h5-10H,1-4H3,(H2,17,18). The van der Waals surface area contributed by atoms with Gasteiger partial charge in [0.15, 0.2) is 5.82 Å². The number of nitrogens with zero attached hydrogens (tertiary/aromatic N) is 3. The van der Waals surface area contributed by atoms with E-state index < -0.39 is 0 Å². The molecule has 0 saturated heterocycles. The van der Waals surface area contributed by atoms with Gasteiger partial charge in [-0.2, -0.15) is 4.73 Å². The molecule has 21 heavy (non-hydrogen) atoms. The first-order valence-electron chi connectivity index (χ1n) is 7.22. The monoisotopic (exact) mass is 284 g/mol. The predicted octanol–water partition coefficient (Wildman–Crippen LogP) is 3.13. The Morgan fingerprint density at radius 3 is 2.48 bits per heavy atom. The fourth-order valence-electron chi connectivity index (χ4n) is 2.47. The van der Waals surface area contributed by atoms with Gasteiger partial charge in [0.2, 0.25) is 0 Å². The molecular formula is C16H20N4O. The molecule has 2 N–H and O–H groups in total. The molecule has 0 saturated carbocycles. The lowest BCUT2D eigenvalue weighted by molar-refractivity contribution is 0.0608. The number of anilines is 1. The number of para-hydroxylation sites is 1. The maximum atomic E-state index is 6.09. The zero-order chi connectivity index (χ0) is 15.1. The Balaban J connectivity index is 2.45. The molecule has 0 radical (unpaired) electrons. The molecule has 0 amide bonds. The van der Waals surface area contributed by atoms with Gasteiger partial charge in [0.1, 0.15) is 23.0 Å². The highest BCUT2D eigenvalue weighted by Crippen LogP contribution is 2.30. The van der Waals surface area contributed by atoms with E-state index in [0.717, 1.165) is 22.2 Å². The maximum absolute atomic E-state index is 6.09. The molecule has 0 aliphatic heterocycles. The highest BCUT2D eigenvalue weighted by atomic mass is 16.7. The molecule has 0 spiro atoms. The minimum Gasteiger partial charge on any atom is -0.409 e. The second-order valence-electron chi connectivity index (χ2n) is 5.78. The van der Waals surface area contributed by atoms with Crippen LogP contribution in [0.2, 0.25) is 0 Å².